The van der Waals surface area contributed by atoms with E-state index >= 15 is 0 Å². The Morgan fingerprint density at radius 1 is 0.528 bits per heavy atom. The molecule has 0 amide bonds. The Balaban J connectivity index is 1.68. The zero-order valence-corrected chi connectivity index (χ0v) is 22.0. The third-order valence-corrected chi connectivity index (χ3v) is 5.75. The maximum atomic E-state index is 12.3. The molecule has 0 aliphatic rings. The third kappa shape index (κ3) is 7.11. The number of carbonyl (C=O) groups excluding carboxylic acids is 2. The molecule has 0 N–H and O–H groups in total. The Hall–Kier alpha value is -3.80. The lowest BCUT2D eigenvalue weighted by molar-refractivity contribution is 0.00625. The number of ether oxygens (including phenoxy) is 4. The minimum absolute atomic E-state index is 0.319. The molecule has 190 valence electrons. The maximum absolute atomic E-state index is 12.3. The second kappa shape index (κ2) is 10.4. The van der Waals surface area contributed by atoms with Gasteiger partial charge in [0, 0.05) is 5.41 Å². The smallest absolute Gasteiger partial charge is 0.428 e. The normalized spacial score (nSPS) is 12.0. The molecular formula is C30H34O6. The zero-order valence-electron chi connectivity index (χ0n) is 22.0. The highest BCUT2D eigenvalue weighted by molar-refractivity contribution is 5.65. The molecule has 0 bridgehead atoms. The first kappa shape index (κ1) is 26.8. The number of carbonyl (C=O) groups is 2. The van der Waals surface area contributed by atoms with Gasteiger partial charge in [0.2, 0.25) is 0 Å². The average molecular weight is 491 g/mol. The maximum Gasteiger partial charge on any atom is 0.514 e. The van der Waals surface area contributed by atoms with Gasteiger partial charge < -0.3 is 18.9 Å². The second-order valence-corrected chi connectivity index (χ2v) is 10.6. The standard InChI is InChI=1S/C30H34O6/c1-28(2,3)35-26(31)34-25-19-17-22(18-20-25)29(4,5)21-13-15-23(16-14-21)30(6,7)36-27(32)33-24-11-9-8-10-12-24/h8-20H,1-7H3. The highest BCUT2D eigenvalue weighted by Crippen LogP contribution is 2.34. The van der Waals surface area contributed by atoms with Gasteiger partial charge in [0.15, 0.2) is 0 Å². The molecule has 36 heavy (non-hydrogen) atoms. The number of benzene rings is 3. The monoisotopic (exact) mass is 490 g/mol. The largest absolute Gasteiger partial charge is 0.514 e. The lowest BCUT2D eigenvalue weighted by Gasteiger charge is -2.29. The van der Waals surface area contributed by atoms with Gasteiger partial charge in [0.1, 0.15) is 22.7 Å². The fourth-order valence-corrected chi connectivity index (χ4v) is 3.63. The molecule has 0 atom stereocenters. The predicted octanol–water partition coefficient (Wildman–Crippen LogP) is 7.78. The first-order valence-corrected chi connectivity index (χ1v) is 11.8. The van der Waals surface area contributed by atoms with Crippen molar-refractivity contribution in [2.45, 2.75) is 65.1 Å². The molecule has 3 aromatic rings. The van der Waals surface area contributed by atoms with Crippen LogP contribution in [0.3, 0.4) is 0 Å². The van der Waals surface area contributed by atoms with E-state index in [2.05, 4.69) is 13.8 Å². The fourth-order valence-electron chi connectivity index (χ4n) is 3.63. The van der Waals surface area contributed by atoms with E-state index in [1.165, 1.54) is 0 Å². The van der Waals surface area contributed by atoms with E-state index in [0.29, 0.717) is 11.5 Å². The molecule has 0 aliphatic heterocycles. The minimum atomic E-state index is -0.880. The molecule has 0 radical (unpaired) electrons. The summed E-state index contributed by atoms with van der Waals surface area (Å²) in [7, 11) is 0. The Labute approximate surface area is 213 Å². The molecule has 0 saturated heterocycles. The minimum Gasteiger partial charge on any atom is -0.428 e. The molecule has 0 spiro atoms. The summed E-state index contributed by atoms with van der Waals surface area (Å²) in [5, 5.41) is 0. The van der Waals surface area contributed by atoms with Gasteiger partial charge in [-0.2, -0.15) is 0 Å². The van der Waals surface area contributed by atoms with Crippen molar-refractivity contribution in [1.82, 2.24) is 0 Å². The van der Waals surface area contributed by atoms with Gasteiger partial charge in [-0.25, -0.2) is 9.59 Å². The van der Waals surface area contributed by atoms with E-state index in [9.17, 15) is 9.59 Å². The van der Waals surface area contributed by atoms with Crippen LogP contribution in [0, 0.1) is 0 Å². The highest BCUT2D eigenvalue weighted by atomic mass is 16.7. The molecular weight excluding hydrogens is 456 g/mol. The van der Waals surface area contributed by atoms with Gasteiger partial charge in [0.05, 0.1) is 0 Å². The Morgan fingerprint density at radius 3 is 1.44 bits per heavy atom. The van der Waals surface area contributed by atoms with E-state index < -0.39 is 23.5 Å². The van der Waals surface area contributed by atoms with Crippen molar-refractivity contribution in [1.29, 1.82) is 0 Å². The van der Waals surface area contributed by atoms with Gasteiger partial charge in [-0.15, -0.1) is 0 Å². The Bertz CT molecular complexity index is 1170. The fraction of sp³-hybridized carbons (Fsp3) is 0.333. The predicted molar refractivity (Wildman–Crippen MR) is 138 cm³/mol. The highest BCUT2D eigenvalue weighted by Gasteiger charge is 2.29. The molecule has 3 aromatic carbocycles. The van der Waals surface area contributed by atoms with Crippen LogP contribution in [0.2, 0.25) is 0 Å². The van der Waals surface area contributed by atoms with Gasteiger partial charge in [0.25, 0.3) is 0 Å². The Morgan fingerprint density at radius 2 is 0.944 bits per heavy atom. The third-order valence-electron chi connectivity index (χ3n) is 5.75. The lowest BCUT2D eigenvalue weighted by atomic mass is 9.77. The summed E-state index contributed by atoms with van der Waals surface area (Å²) in [6, 6.07) is 24.1. The van der Waals surface area contributed by atoms with E-state index in [4.69, 9.17) is 18.9 Å². The summed E-state index contributed by atoms with van der Waals surface area (Å²) in [5.41, 5.74) is 1.15. The van der Waals surface area contributed by atoms with Gasteiger partial charge in [-0.1, -0.05) is 68.4 Å². The van der Waals surface area contributed by atoms with Crippen molar-refractivity contribution in [3.8, 4) is 11.5 Å². The Kier molecular flexibility index (Phi) is 7.77. The van der Waals surface area contributed by atoms with Crippen LogP contribution in [0.5, 0.6) is 11.5 Å². The number of para-hydroxylation sites is 1. The molecule has 0 aliphatic carbocycles. The van der Waals surface area contributed by atoms with Crippen LogP contribution in [0.4, 0.5) is 9.59 Å². The molecule has 0 unspecified atom stereocenters. The van der Waals surface area contributed by atoms with Crippen molar-refractivity contribution in [3.05, 3.63) is 95.6 Å². The molecule has 0 saturated carbocycles. The van der Waals surface area contributed by atoms with Crippen molar-refractivity contribution < 1.29 is 28.5 Å². The molecule has 6 heteroatoms. The summed E-state index contributed by atoms with van der Waals surface area (Å²) in [4.78, 5) is 24.2. The van der Waals surface area contributed by atoms with Crippen LogP contribution in [0.25, 0.3) is 0 Å². The van der Waals surface area contributed by atoms with Crippen LogP contribution >= 0.6 is 0 Å². The zero-order chi connectivity index (χ0) is 26.6. The van der Waals surface area contributed by atoms with Crippen LogP contribution < -0.4 is 9.47 Å². The van der Waals surface area contributed by atoms with E-state index in [1.807, 2.05) is 56.3 Å². The van der Waals surface area contributed by atoms with Gasteiger partial charge >= 0.3 is 12.3 Å². The van der Waals surface area contributed by atoms with Crippen LogP contribution in [0.15, 0.2) is 78.9 Å². The SMILES string of the molecule is CC(C)(C)OC(=O)Oc1ccc(C(C)(C)c2ccc(C(C)(C)OC(=O)Oc3ccccc3)cc2)cc1. The van der Waals surface area contributed by atoms with Crippen molar-refractivity contribution in [2.75, 3.05) is 0 Å². The number of hydrogen-bond donors (Lipinski definition) is 0. The first-order chi connectivity index (χ1) is 16.8. The van der Waals surface area contributed by atoms with E-state index in [0.717, 1.165) is 16.7 Å². The molecule has 0 heterocycles. The van der Waals surface area contributed by atoms with Crippen LogP contribution in [-0.2, 0) is 20.5 Å². The first-order valence-electron chi connectivity index (χ1n) is 11.8. The van der Waals surface area contributed by atoms with Crippen molar-refractivity contribution >= 4 is 12.3 Å². The van der Waals surface area contributed by atoms with E-state index in [1.54, 1.807) is 57.2 Å². The summed E-state index contributed by atoms with van der Waals surface area (Å²) in [6.45, 7) is 13.2. The number of hydrogen-bond acceptors (Lipinski definition) is 6. The van der Waals surface area contributed by atoms with Crippen LogP contribution in [0.1, 0.15) is 65.2 Å². The van der Waals surface area contributed by atoms with Gasteiger partial charge in [-0.05, 0) is 75.6 Å². The summed E-state index contributed by atoms with van der Waals surface area (Å²) >= 11 is 0. The summed E-state index contributed by atoms with van der Waals surface area (Å²) in [6.07, 6.45) is -1.49. The van der Waals surface area contributed by atoms with Crippen molar-refractivity contribution in [2.24, 2.45) is 0 Å². The molecule has 0 aromatic heterocycles. The topological polar surface area (TPSA) is 71.1 Å². The summed E-state index contributed by atoms with van der Waals surface area (Å²) < 4.78 is 21.3. The van der Waals surface area contributed by atoms with Crippen LogP contribution in [-0.4, -0.2) is 17.9 Å². The van der Waals surface area contributed by atoms with Gasteiger partial charge in [-0.3, -0.25) is 0 Å². The second-order valence-electron chi connectivity index (χ2n) is 10.6. The average Bonchev–Trinajstić information content (AvgIpc) is 2.78. The molecule has 6 nitrogen and oxygen atoms in total. The van der Waals surface area contributed by atoms with E-state index in [-0.39, 0.29) is 5.41 Å². The summed E-state index contributed by atoms with van der Waals surface area (Å²) in [5.74, 6) is 0.846. The molecule has 3 rings (SSSR count). The molecule has 0 fully saturated rings. The quantitative estimate of drug-likeness (QED) is 0.260. The van der Waals surface area contributed by atoms with Crippen molar-refractivity contribution in [3.63, 3.8) is 0 Å². The lowest BCUT2D eigenvalue weighted by Crippen LogP contribution is -2.28. The number of rotatable bonds is 6.